The number of hydrogen-bond donors (Lipinski definition) is 1. The lowest BCUT2D eigenvalue weighted by Crippen LogP contribution is -2.05. The molecule has 0 saturated heterocycles. The van der Waals surface area contributed by atoms with Crippen molar-refractivity contribution in [2.45, 2.75) is 46.6 Å². The van der Waals surface area contributed by atoms with Gasteiger partial charge in [-0.2, -0.15) is 0 Å². The van der Waals surface area contributed by atoms with Crippen molar-refractivity contribution in [3.63, 3.8) is 0 Å². The van der Waals surface area contributed by atoms with E-state index < -0.39 is 0 Å². The van der Waals surface area contributed by atoms with E-state index in [1.807, 2.05) is 18.5 Å². The van der Waals surface area contributed by atoms with Gasteiger partial charge in [0.15, 0.2) is 0 Å². The molecule has 0 unspecified atom stereocenters. The zero-order chi connectivity index (χ0) is 10.0. The van der Waals surface area contributed by atoms with E-state index in [9.17, 15) is 5.11 Å². The van der Waals surface area contributed by atoms with Crippen LogP contribution < -0.4 is 0 Å². The van der Waals surface area contributed by atoms with Gasteiger partial charge in [-0.15, -0.1) is 5.10 Å². The summed E-state index contributed by atoms with van der Waals surface area (Å²) in [6.07, 6.45) is 0.847. The van der Waals surface area contributed by atoms with Crippen molar-refractivity contribution < 1.29 is 5.11 Å². The Labute approximate surface area is 79.4 Å². The Hall–Kier alpha value is -0.990. The molecule has 0 aliphatic rings. The molecule has 0 aliphatic heterocycles. The van der Waals surface area contributed by atoms with Crippen molar-refractivity contribution in [1.29, 1.82) is 0 Å². The van der Waals surface area contributed by atoms with Crippen molar-refractivity contribution in [3.8, 4) is 5.88 Å². The Kier molecular flexibility index (Phi) is 2.96. The summed E-state index contributed by atoms with van der Waals surface area (Å²) in [4.78, 5) is 0. The van der Waals surface area contributed by atoms with Crippen LogP contribution in [-0.4, -0.2) is 14.9 Å². The number of aromatic nitrogens is 2. The maximum atomic E-state index is 9.56. The molecule has 1 N–H and O–H groups in total. The van der Waals surface area contributed by atoms with Crippen molar-refractivity contribution >= 4 is 0 Å². The molecule has 0 aliphatic carbocycles. The van der Waals surface area contributed by atoms with E-state index in [-0.39, 0.29) is 5.88 Å². The average molecular weight is 182 g/mol. The van der Waals surface area contributed by atoms with Crippen LogP contribution in [0.15, 0.2) is 0 Å². The highest BCUT2D eigenvalue weighted by Gasteiger charge is 2.16. The van der Waals surface area contributed by atoms with Gasteiger partial charge in [0, 0.05) is 17.8 Å². The third kappa shape index (κ3) is 1.69. The third-order valence-electron chi connectivity index (χ3n) is 2.27. The zero-order valence-electron chi connectivity index (χ0n) is 8.83. The third-order valence-corrected chi connectivity index (χ3v) is 2.27. The fourth-order valence-electron chi connectivity index (χ4n) is 1.73. The van der Waals surface area contributed by atoms with E-state index in [2.05, 4.69) is 18.9 Å². The summed E-state index contributed by atoms with van der Waals surface area (Å²) in [7, 11) is 0. The number of aryl methyl sites for hydroxylation is 1. The highest BCUT2D eigenvalue weighted by molar-refractivity contribution is 5.32. The van der Waals surface area contributed by atoms with Crippen LogP contribution in [0.2, 0.25) is 0 Å². The first-order chi connectivity index (χ1) is 6.11. The number of hydrogen-bond acceptors (Lipinski definition) is 2. The van der Waals surface area contributed by atoms with Crippen LogP contribution in [-0.2, 0) is 13.0 Å². The van der Waals surface area contributed by atoms with Gasteiger partial charge in [0.05, 0.1) is 0 Å². The lowest BCUT2D eigenvalue weighted by Gasteiger charge is -2.09. The molecule has 0 atom stereocenters. The van der Waals surface area contributed by atoms with Gasteiger partial charge in [0.25, 0.3) is 0 Å². The summed E-state index contributed by atoms with van der Waals surface area (Å²) in [5.74, 6) is 0.622. The minimum absolute atomic E-state index is 0.202. The smallest absolute Gasteiger partial charge is 0.233 e. The topological polar surface area (TPSA) is 38.1 Å². The maximum absolute atomic E-state index is 9.56. The van der Waals surface area contributed by atoms with E-state index in [4.69, 9.17) is 0 Å². The predicted octanol–water partition coefficient (Wildman–Crippen LogP) is 2.29. The second-order valence-corrected chi connectivity index (χ2v) is 3.51. The molecule has 1 aromatic rings. The molecule has 1 heterocycles. The molecular weight excluding hydrogens is 164 g/mol. The van der Waals surface area contributed by atoms with Crippen LogP contribution in [0.1, 0.15) is 44.9 Å². The first kappa shape index (κ1) is 10.1. The molecule has 1 rings (SSSR count). The second-order valence-electron chi connectivity index (χ2n) is 3.51. The van der Waals surface area contributed by atoms with Gasteiger partial charge in [0.2, 0.25) is 5.88 Å². The Balaban J connectivity index is 3.24. The molecule has 0 bridgehead atoms. The van der Waals surface area contributed by atoms with Gasteiger partial charge in [0.1, 0.15) is 0 Å². The van der Waals surface area contributed by atoms with Gasteiger partial charge < -0.3 is 5.11 Å². The summed E-state index contributed by atoms with van der Waals surface area (Å²) in [5.41, 5.74) is 2.17. The van der Waals surface area contributed by atoms with Crippen LogP contribution in [0.25, 0.3) is 0 Å². The van der Waals surface area contributed by atoms with E-state index in [1.54, 1.807) is 0 Å². The van der Waals surface area contributed by atoms with Crippen LogP contribution >= 0.6 is 0 Å². The number of rotatable bonds is 3. The minimum atomic E-state index is 0.202. The van der Waals surface area contributed by atoms with Crippen LogP contribution in [0, 0.1) is 0 Å². The van der Waals surface area contributed by atoms with Gasteiger partial charge in [-0.05, 0) is 19.3 Å². The standard InChI is InChI=1S/C10H18N2O/c1-5-8-9(7(3)4)12(6-2)11-10(8)13/h7H,5-6H2,1-4H3,(H,11,13). The monoisotopic (exact) mass is 182 g/mol. The molecule has 3 nitrogen and oxygen atoms in total. The lowest BCUT2D eigenvalue weighted by molar-refractivity contribution is 0.434. The quantitative estimate of drug-likeness (QED) is 0.778. The second kappa shape index (κ2) is 3.81. The molecule has 3 heteroatoms. The van der Waals surface area contributed by atoms with E-state index in [0.29, 0.717) is 5.92 Å². The Morgan fingerprint density at radius 2 is 2.00 bits per heavy atom. The Morgan fingerprint density at radius 1 is 1.38 bits per heavy atom. The number of nitrogens with zero attached hydrogens (tertiary/aromatic N) is 2. The maximum Gasteiger partial charge on any atom is 0.233 e. The highest BCUT2D eigenvalue weighted by Crippen LogP contribution is 2.26. The number of aromatic hydroxyl groups is 1. The summed E-state index contributed by atoms with van der Waals surface area (Å²) in [5, 5.41) is 13.7. The summed E-state index contributed by atoms with van der Waals surface area (Å²) >= 11 is 0. The SMILES string of the molecule is CCc1c(O)nn(CC)c1C(C)C. The minimum Gasteiger partial charge on any atom is -0.492 e. The highest BCUT2D eigenvalue weighted by atomic mass is 16.3. The molecule has 0 radical (unpaired) electrons. The van der Waals surface area contributed by atoms with Crippen molar-refractivity contribution in [2.24, 2.45) is 0 Å². The normalized spacial score (nSPS) is 11.2. The lowest BCUT2D eigenvalue weighted by atomic mass is 10.0. The molecule has 0 saturated carbocycles. The van der Waals surface area contributed by atoms with Gasteiger partial charge >= 0.3 is 0 Å². The van der Waals surface area contributed by atoms with Crippen molar-refractivity contribution in [1.82, 2.24) is 9.78 Å². The van der Waals surface area contributed by atoms with Crippen LogP contribution in [0.3, 0.4) is 0 Å². The summed E-state index contributed by atoms with van der Waals surface area (Å²) < 4.78 is 1.89. The molecule has 0 spiro atoms. The summed E-state index contributed by atoms with van der Waals surface area (Å²) in [6.45, 7) is 9.16. The first-order valence-electron chi connectivity index (χ1n) is 4.90. The van der Waals surface area contributed by atoms with Gasteiger partial charge in [-0.3, -0.25) is 4.68 Å². The zero-order valence-corrected chi connectivity index (χ0v) is 8.83. The van der Waals surface area contributed by atoms with E-state index in [1.165, 1.54) is 5.69 Å². The largest absolute Gasteiger partial charge is 0.492 e. The average Bonchev–Trinajstić information content (AvgIpc) is 2.41. The fraction of sp³-hybridized carbons (Fsp3) is 0.700. The van der Waals surface area contributed by atoms with Crippen molar-refractivity contribution in [3.05, 3.63) is 11.3 Å². The van der Waals surface area contributed by atoms with E-state index >= 15 is 0 Å². The van der Waals surface area contributed by atoms with Crippen LogP contribution in [0.5, 0.6) is 5.88 Å². The molecular formula is C10H18N2O. The van der Waals surface area contributed by atoms with E-state index in [0.717, 1.165) is 18.5 Å². The molecule has 13 heavy (non-hydrogen) atoms. The van der Waals surface area contributed by atoms with Crippen molar-refractivity contribution in [2.75, 3.05) is 0 Å². The molecule has 74 valence electrons. The molecule has 1 aromatic heterocycles. The van der Waals surface area contributed by atoms with Gasteiger partial charge in [-0.1, -0.05) is 20.8 Å². The molecule has 0 aromatic carbocycles. The predicted molar refractivity (Wildman–Crippen MR) is 53.0 cm³/mol. The van der Waals surface area contributed by atoms with Gasteiger partial charge in [-0.25, -0.2) is 0 Å². The Bertz CT molecular complexity index is 289. The fourth-order valence-corrected chi connectivity index (χ4v) is 1.73. The molecule has 0 amide bonds. The Morgan fingerprint density at radius 3 is 2.38 bits per heavy atom. The molecule has 0 fully saturated rings. The summed E-state index contributed by atoms with van der Waals surface area (Å²) in [6, 6.07) is 0. The van der Waals surface area contributed by atoms with Crippen LogP contribution in [0.4, 0.5) is 0 Å². The first-order valence-corrected chi connectivity index (χ1v) is 4.90.